The maximum Gasteiger partial charge on any atom is 0.303 e. The molecule has 0 spiro atoms. The number of hydrogen-bond donors (Lipinski definition) is 2. The fourth-order valence-electron chi connectivity index (χ4n) is 4.35. The van der Waals surface area contributed by atoms with Crippen molar-refractivity contribution in [2.45, 2.75) is 65.3 Å². The van der Waals surface area contributed by atoms with E-state index in [0.29, 0.717) is 30.5 Å². The van der Waals surface area contributed by atoms with E-state index in [1.165, 1.54) is 36.6 Å². The summed E-state index contributed by atoms with van der Waals surface area (Å²) < 4.78 is 7.98. The molecule has 0 saturated carbocycles. The van der Waals surface area contributed by atoms with Gasteiger partial charge in [0.05, 0.1) is 6.61 Å². The van der Waals surface area contributed by atoms with Crippen LogP contribution < -0.4 is 10.1 Å². The number of nitrogens with zero attached hydrogens (tertiary/aromatic N) is 1. The van der Waals surface area contributed by atoms with Crippen molar-refractivity contribution in [1.29, 1.82) is 0 Å². The van der Waals surface area contributed by atoms with Gasteiger partial charge in [0.15, 0.2) is 0 Å². The first-order chi connectivity index (χ1) is 16.9. The SMILES string of the molecule is CCCC(CCC)n1ccc2cc(C(C)=CC(=O)Nc3cccc(OCCCC(=O)O)c3)ccc21. The highest BCUT2D eigenvalue weighted by Crippen LogP contribution is 2.29. The highest BCUT2D eigenvalue weighted by atomic mass is 16.5. The summed E-state index contributed by atoms with van der Waals surface area (Å²) in [5.74, 6) is -0.465. The largest absolute Gasteiger partial charge is 0.494 e. The summed E-state index contributed by atoms with van der Waals surface area (Å²) in [5, 5.41) is 12.8. The van der Waals surface area contributed by atoms with Crippen LogP contribution in [0.1, 0.15) is 70.9 Å². The number of fused-ring (bicyclic) bond motifs is 1. The molecule has 6 heteroatoms. The van der Waals surface area contributed by atoms with Crippen LogP contribution in [0, 0.1) is 0 Å². The Kier molecular flexibility index (Phi) is 9.53. The molecule has 0 aliphatic rings. The highest BCUT2D eigenvalue weighted by molar-refractivity contribution is 6.04. The minimum Gasteiger partial charge on any atom is -0.494 e. The number of anilines is 1. The molecule has 0 unspecified atom stereocenters. The number of allylic oxidation sites excluding steroid dienone is 1. The van der Waals surface area contributed by atoms with Crippen molar-refractivity contribution >= 4 is 34.0 Å². The molecule has 186 valence electrons. The van der Waals surface area contributed by atoms with Crippen LogP contribution >= 0.6 is 0 Å². The van der Waals surface area contributed by atoms with Gasteiger partial charge in [-0.2, -0.15) is 0 Å². The predicted octanol–water partition coefficient (Wildman–Crippen LogP) is 7.07. The Morgan fingerprint density at radius 3 is 2.57 bits per heavy atom. The molecule has 0 atom stereocenters. The molecular weight excluding hydrogens is 440 g/mol. The minimum absolute atomic E-state index is 0.0646. The number of aliphatic carboxylic acids is 1. The van der Waals surface area contributed by atoms with Gasteiger partial charge in [0.2, 0.25) is 5.91 Å². The third-order valence-electron chi connectivity index (χ3n) is 6.07. The lowest BCUT2D eigenvalue weighted by Crippen LogP contribution is -2.09. The molecule has 2 aromatic carbocycles. The summed E-state index contributed by atoms with van der Waals surface area (Å²) in [4.78, 5) is 23.3. The quantitative estimate of drug-likeness (QED) is 0.204. The van der Waals surface area contributed by atoms with Gasteiger partial charge in [0.25, 0.3) is 0 Å². The highest BCUT2D eigenvalue weighted by Gasteiger charge is 2.12. The number of carboxylic acid groups (broad SMARTS) is 1. The fourth-order valence-corrected chi connectivity index (χ4v) is 4.35. The van der Waals surface area contributed by atoms with Gasteiger partial charge in [-0.15, -0.1) is 0 Å². The normalized spacial score (nSPS) is 11.7. The van der Waals surface area contributed by atoms with Crippen LogP contribution in [0.3, 0.4) is 0 Å². The molecular formula is C29H36N2O4. The van der Waals surface area contributed by atoms with E-state index >= 15 is 0 Å². The zero-order chi connectivity index (χ0) is 25.2. The fraction of sp³-hybridized carbons (Fsp3) is 0.379. The van der Waals surface area contributed by atoms with Crippen molar-refractivity contribution < 1.29 is 19.4 Å². The summed E-state index contributed by atoms with van der Waals surface area (Å²) in [6.07, 6.45) is 8.97. The lowest BCUT2D eigenvalue weighted by Gasteiger charge is -2.19. The van der Waals surface area contributed by atoms with E-state index in [1.807, 2.05) is 6.92 Å². The van der Waals surface area contributed by atoms with Gasteiger partial charge in [0.1, 0.15) is 5.75 Å². The standard InChI is InChI=1S/C29H36N2O4/c1-4-8-25(9-5-2)31-16-15-23-19-22(13-14-27(23)31)21(3)18-28(32)30-24-10-6-11-26(20-24)35-17-7-12-29(33)34/h6,10-11,13-16,18-20,25H,4-5,7-9,12,17H2,1-3H3,(H,30,32)(H,33,34). The molecule has 1 aromatic heterocycles. The third-order valence-corrected chi connectivity index (χ3v) is 6.07. The van der Waals surface area contributed by atoms with Gasteiger partial charge in [-0.05, 0) is 67.7 Å². The summed E-state index contributed by atoms with van der Waals surface area (Å²) in [6, 6.07) is 16.2. The molecule has 0 aliphatic heterocycles. The van der Waals surface area contributed by atoms with Gasteiger partial charge >= 0.3 is 5.97 Å². The second-order valence-electron chi connectivity index (χ2n) is 8.92. The number of carboxylic acids is 1. The van der Waals surface area contributed by atoms with E-state index < -0.39 is 5.97 Å². The van der Waals surface area contributed by atoms with E-state index in [2.05, 4.69) is 54.2 Å². The average Bonchev–Trinajstić information content (AvgIpc) is 3.25. The van der Waals surface area contributed by atoms with Crippen molar-refractivity contribution in [1.82, 2.24) is 4.57 Å². The lowest BCUT2D eigenvalue weighted by atomic mass is 10.0. The van der Waals surface area contributed by atoms with Gasteiger partial charge in [-0.3, -0.25) is 9.59 Å². The van der Waals surface area contributed by atoms with E-state index in [1.54, 1.807) is 30.3 Å². The molecule has 35 heavy (non-hydrogen) atoms. The molecule has 6 nitrogen and oxygen atoms in total. The molecule has 1 heterocycles. The summed E-state index contributed by atoms with van der Waals surface area (Å²) in [6.45, 7) is 6.72. The van der Waals surface area contributed by atoms with E-state index in [0.717, 1.165) is 11.1 Å². The van der Waals surface area contributed by atoms with Crippen molar-refractivity contribution in [3.63, 3.8) is 0 Å². The topological polar surface area (TPSA) is 80.6 Å². The predicted molar refractivity (Wildman–Crippen MR) is 142 cm³/mol. The van der Waals surface area contributed by atoms with Crippen LogP contribution in [0.4, 0.5) is 5.69 Å². The van der Waals surface area contributed by atoms with Crippen molar-refractivity contribution in [2.24, 2.45) is 0 Å². The molecule has 0 aliphatic carbocycles. The molecule has 3 rings (SSSR count). The minimum atomic E-state index is -0.842. The van der Waals surface area contributed by atoms with Crippen LogP contribution in [-0.2, 0) is 9.59 Å². The second-order valence-corrected chi connectivity index (χ2v) is 8.92. The molecule has 0 bridgehead atoms. The number of carbonyl (C=O) groups excluding carboxylic acids is 1. The van der Waals surface area contributed by atoms with Gasteiger partial charge < -0.3 is 19.7 Å². The maximum absolute atomic E-state index is 12.6. The lowest BCUT2D eigenvalue weighted by molar-refractivity contribution is -0.137. The van der Waals surface area contributed by atoms with Crippen molar-refractivity contribution in [3.05, 3.63) is 66.4 Å². The summed E-state index contributed by atoms with van der Waals surface area (Å²) in [7, 11) is 0. The van der Waals surface area contributed by atoms with Crippen molar-refractivity contribution in [3.8, 4) is 5.75 Å². The summed E-state index contributed by atoms with van der Waals surface area (Å²) in [5.41, 5.74) is 3.76. The van der Waals surface area contributed by atoms with E-state index in [9.17, 15) is 9.59 Å². The average molecular weight is 477 g/mol. The number of aromatic nitrogens is 1. The molecule has 0 fully saturated rings. The first kappa shape index (κ1) is 26.1. The number of amides is 1. The number of carbonyl (C=O) groups is 2. The molecule has 1 amide bonds. The van der Waals surface area contributed by atoms with Gasteiger partial charge in [-0.25, -0.2) is 0 Å². The van der Waals surface area contributed by atoms with Crippen LogP contribution in [0.5, 0.6) is 5.75 Å². The Bertz CT molecular complexity index is 1170. The Morgan fingerprint density at radius 1 is 1.09 bits per heavy atom. The summed E-state index contributed by atoms with van der Waals surface area (Å²) >= 11 is 0. The van der Waals surface area contributed by atoms with E-state index in [-0.39, 0.29) is 12.3 Å². The Balaban J connectivity index is 1.67. The van der Waals surface area contributed by atoms with Crippen molar-refractivity contribution in [2.75, 3.05) is 11.9 Å². The smallest absolute Gasteiger partial charge is 0.303 e. The molecule has 2 N–H and O–H groups in total. The number of hydrogen-bond acceptors (Lipinski definition) is 3. The zero-order valence-corrected chi connectivity index (χ0v) is 20.9. The maximum atomic E-state index is 12.6. The molecule has 0 radical (unpaired) electrons. The number of nitrogens with one attached hydrogen (secondary N) is 1. The van der Waals surface area contributed by atoms with Crippen LogP contribution in [-0.4, -0.2) is 28.2 Å². The number of rotatable bonds is 13. The van der Waals surface area contributed by atoms with Crippen LogP contribution in [0.15, 0.2) is 60.8 Å². The Hall–Kier alpha value is -3.54. The van der Waals surface area contributed by atoms with Crippen LogP contribution in [0.2, 0.25) is 0 Å². The first-order valence-corrected chi connectivity index (χ1v) is 12.5. The monoisotopic (exact) mass is 476 g/mol. The van der Waals surface area contributed by atoms with E-state index in [4.69, 9.17) is 9.84 Å². The number of benzene rings is 2. The van der Waals surface area contributed by atoms with Gasteiger partial charge in [-0.1, -0.05) is 38.8 Å². The zero-order valence-electron chi connectivity index (χ0n) is 20.9. The van der Waals surface area contributed by atoms with Crippen LogP contribution in [0.25, 0.3) is 16.5 Å². The third kappa shape index (κ3) is 7.47. The molecule has 3 aromatic rings. The first-order valence-electron chi connectivity index (χ1n) is 12.5. The Labute approximate surface area is 207 Å². The second kappa shape index (κ2) is 12.8. The van der Waals surface area contributed by atoms with Gasteiger partial charge in [0, 0.05) is 47.4 Å². The molecule has 0 saturated heterocycles. The number of ether oxygens (including phenoxy) is 1. The Morgan fingerprint density at radius 2 is 1.86 bits per heavy atom.